The SMILES string of the molecule is CCCc1nn(CC(=O)NCc2nc3ccccc3n2C)c(=O)c2cc3ccsc3n12. The number of fused-ring (bicyclic) bond motifs is 4. The molecule has 158 valence electrons. The van der Waals surface area contributed by atoms with Gasteiger partial charge in [-0.25, -0.2) is 9.67 Å². The highest BCUT2D eigenvalue weighted by Gasteiger charge is 2.17. The second-order valence-corrected chi connectivity index (χ2v) is 8.42. The first kappa shape index (κ1) is 19.5. The number of carbonyl (C=O) groups is 1. The molecule has 0 aliphatic heterocycles. The molecule has 1 amide bonds. The van der Waals surface area contributed by atoms with E-state index in [1.807, 2.05) is 57.8 Å². The Labute approximate surface area is 181 Å². The fraction of sp³-hybridized carbons (Fsp3) is 0.273. The van der Waals surface area contributed by atoms with Gasteiger partial charge < -0.3 is 9.88 Å². The third-order valence-electron chi connectivity index (χ3n) is 5.45. The summed E-state index contributed by atoms with van der Waals surface area (Å²) in [6.07, 6.45) is 1.62. The Morgan fingerprint density at radius 3 is 2.81 bits per heavy atom. The Bertz CT molecular complexity index is 1490. The average Bonchev–Trinajstić information content (AvgIpc) is 3.44. The Morgan fingerprint density at radius 2 is 2.00 bits per heavy atom. The largest absolute Gasteiger partial charge is 0.347 e. The number of hydrogen-bond acceptors (Lipinski definition) is 5. The number of imidazole rings is 1. The number of aryl methyl sites for hydroxylation is 2. The lowest BCUT2D eigenvalue weighted by Gasteiger charge is -2.11. The first-order chi connectivity index (χ1) is 15.1. The molecule has 1 aromatic carbocycles. The maximum Gasteiger partial charge on any atom is 0.291 e. The average molecular weight is 435 g/mol. The molecule has 9 heteroatoms. The van der Waals surface area contributed by atoms with Gasteiger partial charge in [0.25, 0.3) is 5.56 Å². The van der Waals surface area contributed by atoms with E-state index in [0.717, 1.165) is 45.7 Å². The van der Waals surface area contributed by atoms with Crippen LogP contribution in [0.15, 0.2) is 46.6 Å². The number of hydrogen-bond donors (Lipinski definition) is 1. The van der Waals surface area contributed by atoms with Crippen LogP contribution >= 0.6 is 11.3 Å². The van der Waals surface area contributed by atoms with Crippen LogP contribution in [0.25, 0.3) is 26.8 Å². The predicted octanol–water partition coefficient (Wildman–Crippen LogP) is 2.87. The van der Waals surface area contributed by atoms with Crippen LogP contribution in [0, 0.1) is 0 Å². The van der Waals surface area contributed by atoms with Crippen LogP contribution in [0.5, 0.6) is 0 Å². The molecule has 0 aliphatic carbocycles. The second-order valence-electron chi connectivity index (χ2n) is 7.53. The minimum Gasteiger partial charge on any atom is -0.347 e. The third kappa shape index (κ3) is 3.31. The van der Waals surface area contributed by atoms with Crippen LogP contribution in [0.1, 0.15) is 25.0 Å². The highest BCUT2D eigenvalue weighted by atomic mass is 32.1. The summed E-state index contributed by atoms with van der Waals surface area (Å²) in [6, 6.07) is 11.7. The molecule has 1 N–H and O–H groups in total. The number of para-hydroxylation sites is 2. The van der Waals surface area contributed by atoms with E-state index in [2.05, 4.69) is 22.3 Å². The topological polar surface area (TPSA) is 86.2 Å². The van der Waals surface area contributed by atoms with Gasteiger partial charge in [-0.05, 0) is 36.1 Å². The molecule has 5 rings (SSSR count). The lowest BCUT2D eigenvalue weighted by molar-refractivity contribution is -0.122. The number of amides is 1. The van der Waals surface area contributed by atoms with E-state index >= 15 is 0 Å². The van der Waals surface area contributed by atoms with Gasteiger partial charge >= 0.3 is 0 Å². The monoisotopic (exact) mass is 434 g/mol. The van der Waals surface area contributed by atoms with E-state index < -0.39 is 0 Å². The van der Waals surface area contributed by atoms with Crippen molar-refractivity contribution in [2.75, 3.05) is 0 Å². The van der Waals surface area contributed by atoms with Crippen molar-refractivity contribution >= 4 is 44.0 Å². The van der Waals surface area contributed by atoms with Crippen molar-refractivity contribution < 1.29 is 4.79 Å². The molecule has 0 unspecified atom stereocenters. The fourth-order valence-electron chi connectivity index (χ4n) is 3.92. The fourth-order valence-corrected chi connectivity index (χ4v) is 4.83. The number of nitrogens with zero attached hydrogens (tertiary/aromatic N) is 5. The van der Waals surface area contributed by atoms with Gasteiger partial charge in [-0.3, -0.25) is 14.0 Å². The molecule has 5 aromatic rings. The lowest BCUT2D eigenvalue weighted by Crippen LogP contribution is -2.35. The molecule has 0 aliphatic rings. The molecule has 0 atom stereocenters. The Hall–Kier alpha value is -3.46. The van der Waals surface area contributed by atoms with Crippen molar-refractivity contribution in [2.45, 2.75) is 32.9 Å². The standard InChI is InChI=1S/C22H22N6O2S/c1-3-6-18-25-27(21(30)17-11-14-9-10-31-22(14)28(17)18)13-20(29)23-12-19-24-15-7-4-5-8-16(15)26(19)2/h4-5,7-11H,3,6,12-13H2,1-2H3,(H,23,29). The Morgan fingerprint density at radius 1 is 1.16 bits per heavy atom. The minimum atomic E-state index is -0.276. The number of aromatic nitrogens is 5. The van der Waals surface area contributed by atoms with E-state index in [1.165, 1.54) is 4.68 Å². The van der Waals surface area contributed by atoms with E-state index in [9.17, 15) is 9.59 Å². The molecular weight excluding hydrogens is 412 g/mol. The lowest BCUT2D eigenvalue weighted by atomic mass is 10.3. The smallest absolute Gasteiger partial charge is 0.291 e. The summed E-state index contributed by atoms with van der Waals surface area (Å²) < 4.78 is 5.16. The first-order valence-electron chi connectivity index (χ1n) is 10.2. The number of benzene rings is 1. The summed E-state index contributed by atoms with van der Waals surface area (Å²) in [6.45, 7) is 2.22. The van der Waals surface area contributed by atoms with Crippen molar-refractivity contribution in [2.24, 2.45) is 7.05 Å². The summed E-state index contributed by atoms with van der Waals surface area (Å²) >= 11 is 1.59. The molecule has 0 bridgehead atoms. The zero-order valence-electron chi connectivity index (χ0n) is 17.3. The summed E-state index contributed by atoms with van der Waals surface area (Å²) in [4.78, 5) is 31.2. The van der Waals surface area contributed by atoms with Gasteiger partial charge in [-0.15, -0.1) is 11.3 Å². The van der Waals surface area contributed by atoms with Gasteiger partial charge in [0.1, 0.15) is 28.5 Å². The molecule has 0 saturated carbocycles. The first-order valence-corrected chi connectivity index (χ1v) is 11.1. The number of rotatable bonds is 6. The van der Waals surface area contributed by atoms with Gasteiger partial charge in [0.15, 0.2) is 0 Å². The number of nitrogens with one attached hydrogen (secondary N) is 1. The van der Waals surface area contributed by atoms with E-state index in [4.69, 9.17) is 0 Å². The molecule has 0 radical (unpaired) electrons. The van der Waals surface area contributed by atoms with Crippen molar-refractivity contribution in [3.63, 3.8) is 0 Å². The van der Waals surface area contributed by atoms with Gasteiger partial charge in [-0.1, -0.05) is 19.1 Å². The summed E-state index contributed by atoms with van der Waals surface area (Å²) in [5.41, 5.74) is 2.19. The van der Waals surface area contributed by atoms with Crippen LogP contribution in [0.3, 0.4) is 0 Å². The van der Waals surface area contributed by atoms with E-state index in [-0.39, 0.29) is 24.6 Å². The number of thiophene rings is 1. The second kappa shape index (κ2) is 7.66. The number of carbonyl (C=O) groups excluding carboxylic acids is 1. The molecule has 4 heterocycles. The van der Waals surface area contributed by atoms with Crippen molar-refractivity contribution in [1.29, 1.82) is 0 Å². The van der Waals surface area contributed by atoms with Crippen LogP contribution in [0.4, 0.5) is 0 Å². The van der Waals surface area contributed by atoms with Gasteiger partial charge in [0, 0.05) is 18.9 Å². The zero-order valence-corrected chi connectivity index (χ0v) is 18.1. The molecule has 0 saturated heterocycles. The highest BCUT2D eigenvalue weighted by Crippen LogP contribution is 2.25. The quantitative estimate of drug-likeness (QED) is 0.445. The van der Waals surface area contributed by atoms with Crippen LogP contribution in [-0.4, -0.2) is 29.6 Å². The Balaban J connectivity index is 1.41. The van der Waals surface area contributed by atoms with Gasteiger partial charge in [-0.2, -0.15) is 5.10 Å². The van der Waals surface area contributed by atoms with Crippen LogP contribution in [0.2, 0.25) is 0 Å². The third-order valence-corrected chi connectivity index (χ3v) is 6.36. The summed E-state index contributed by atoms with van der Waals surface area (Å²) in [5.74, 6) is 1.27. The predicted molar refractivity (Wildman–Crippen MR) is 121 cm³/mol. The molecule has 8 nitrogen and oxygen atoms in total. The normalized spacial score (nSPS) is 11.7. The van der Waals surface area contributed by atoms with Crippen molar-refractivity contribution in [3.8, 4) is 0 Å². The maximum absolute atomic E-state index is 13.0. The van der Waals surface area contributed by atoms with E-state index in [0.29, 0.717) is 5.52 Å². The molecule has 4 aromatic heterocycles. The Kier molecular flexibility index (Phi) is 4.82. The van der Waals surface area contributed by atoms with Gasteiger partial charge in [0.05, 0.1) is 17.6 Å². The van der Waals surface area contributed by atoms with Gasteiger partial charge in [0.2, 0.25) is 5.91 Å². The van der Waals surface area contributed by atoms with E-state index in [1.54, 1.807) is 11.3 Å². The summed E-state index contributed by atoms with van der Waals surface area (Å²) in [7, 11) is 1.92. The minimum absolute atomic E-state index is 0.130. The van der Waals surface area contributed by atoms with Crippen molar-refractivity contribution in [3.05, 3.63) is 63.8 Å². The van der Waals surface area contributed by atoms with Crippen LogP contribution < -0.4 is 10.9 Å². The van der Waals surface area contributed by atoms with Crippen LogP contribution in [-0.2, 0) is 31.4 Å². The maximum atomic E-state index is 13.0. The highest BCUT2D eigenvalue weighted by molar-refractivity contribution is 7.16. The molecule has 0 spiro atoms. The van der Waals surface area contributed by atoms with Crippen molar-refractivity contribution in [1.82, 2.24) is 29.0 Å². The molecule has 31 heavy (non-hydrogen) atoms. The summed E-state index contributed by atoms with van der Waals surface area (Å²) in [5, 5.41) is 10.4. The molecular formula is C22H22N6O2S. The zero-order chi connectivity index (χ0) is 21.5. The molecule has 0 fully saturated rings.